The molecular weight excluding hydrogens is 254 g/mol. The van der Waals surface area contributed by atoms with Gasteiger partial charge < -0.3 is 10.4 Å². The van der Waals surface area contributed by atoms with Gasteiger partial charge in [-0.25, -0.2) is 4.79 Å². The number of anilines is 2. The lowest BCUT2D eigenvalue weighted by Crippen LogP contribution is -2.03. The maximum absolute atomic E-state index is 10.9. The SMILES string of the molecule is Cc1ccc(Nc2cc(C(=O)O)c(Cl)nn2)cc1. The van der Waals surface area contributed by atoms with Crippen molar-refractivity contribution >= 4 is 29.1 Å². The van der Waals surface area contributed by atoms with Gasteiger partial charge in [0.25, 0.3) is 0 Å². The van der Waals surface area contributed by atoms with E-state index in [4.69, 9.17) is 16.7 Å². The molecule has 18 heavy (non-hydrogen) atoms. The fraction of sp³-hybridized carbons (Fsp3) is 0.0833. The van der Waals surface area contributed by atoms with Crippen molar-refractivity contribution in [2.75, 3.05) is 5.32 Å². The van der Waals surface area contributed by atoms with Gasteiger partial charge in [-0.1, -0.05) is 29.3 Å². The van der Waals surface area contributed by atoms with Crippen molar-refractivity contribution in [2.24, 2.45) is 0 Å². The molecule has 0 aliphatic heterocycles. The van der Waals surface area contributed by atoms with E-state index in [1.807, 2.05) is 31.2 Å². The summed E-state index contributed by atoms with van der Waals surface area (Å²) in [6, 6.07) is 8.95. The van der Waals surface area contributed by atoms with Crippen molar-refractivity contribution in [3.8, 4) is 0 Å². The Bertz CT molecular complexity index is 584. The largest absolute Gasteiger partial charge is 0.478 e. The second-order valence-electron chi connectivity index (χ2n) is 3.73. The Kier molecular flexibility index (Phi) is 3.43. The minimum absolute atomic E-state index is 0.0821. The lowest BCUT2D eigenvalue weighted by Gasteiger charge is -2.06. The van der Waals surface area contributed by atoms with Gasteiger partial charge in [-0.15, -0.1) is 10.2 Å². The molecule has 2 aromatic rings. The van der Waals surface area contributed by atoms with Crippen LogP contribution in [0.4, 0.5) is 11.5 Å². The monoisotopic (exact) mass is 263 g/mol. The van der Waals surface area contributed by atoms with Gasteiger partial charge in [0.1, 0.15) is 5.56 Å². The maximum atomic E-state index is 10.9. The number of halogens is 1. The van der Waals surface area contributed by atoms with Crippen LogP contribution in [0.5, 0.6) is 0 Å². The van der Waals surface area contributed by atoms with Crippen molar-refractivity contribution < 1.29 is 9.90 Å². The number of benzene rings is 1. The highest BCUT2D eigenvalue weighted by Gasteiger charge is 2.12. The van der Waals surface area contributed by atoms with Crippen LogP contribution in [0, 0.1) is 6.92 Å². The molecule has 0 saturated heterocycles. The Morgan fingerprint density at radius 1 is 1.28 bits per heavy atom. The zero-order valence-corrected chi connectivity index (χ0v) is 10.3. The summed E-state index contributed by atoms with van der Waals surface area (Å²) in [7, 11) is 0. The van der Waals surface area contributed by atoms with Crippen molar-refractivity contribution in [3.05, 3.63) is 46.6 Å². The van der Waals surface area contributed by atoms with E-state index >= 15 is 0 Å². The van der Waals surface area contributed by atoms with Crippen LogP contribution < -0.4 is 5.32 Å². The number of nitrogens with one attached hydrogen (secondary N) is 1. The molecule has 5 nitrogen and oxygen atoms in total. The predicted molar refractivity (Wildman–Crippen MR) is 68.5 cm³/mol. The number of carboxylic acid groups (broad SMARTS) is 1. The van der Waals surface area contributed by atoms with E-state index in [-0.39, 0.29) is 10.7 Å². The second kappa shape index (κ2) is 5.01. The number of aromatic carboxylic acids is 1. The minimum atomic E-state index is -1.14. The Labute approximate surface area is 108 Å². The van der Waals surface area contributed by atoms with Crippen LogP contribution in [0.15, 0.2) is 30.3 Å². The average molecular weight is 264 g/mol. The number of hydrogen-bond acceptors (Lipinski definition) is 4. The Hall–Kier alpha value is -2.14. The molecule has 0 aliphatic rings. The van der Waals surface area contributed by atoms with Crippen molar-refractivity contribution in [1.82, 2.24) is 10.2 Å². The predicted octanol–water partition coefficient (Wildman–Crippen LogP) is 2.88. The fourth-order valence-corrected chi connectivity index (χ4v) is 1.55. The molecule has 92 valence electrons. The van der Waals surface area contributed by atoms with Crippen LogP contribution >= 0.6 is 11.6 Å². The number of aromatic nitrogens is 2. The topological polar surface area (TPSA) is 75.1 Å². The molecule has 0 unspecified atom stereocenters. The van der Waals surface area contributed by atoms with Gasteiger partial charge in [0, 0.05) is 11.8 Å². The maximum Gasteiger partial charge on any atom is 0.339 e. The van der Waals surface area contributed by atoms with Gasteiger partial charge in [0.15, 0.2) is 11.0 Å². The van der Waals surface area contributed by atoms with Gasteiger partial charge in [0.05, 0.1) is 0 Å². The molecule has 0 bridgehead atoms. The molecule has 2 N–H and O–H groups in total. The normalized spacial score (nSPS) is 10.1. The highest BCUT2D eigenvalue weighted by molar-refractivity contribution is 6.32. The quantitative estimate of drug-likeness (QED) is 0.891. The molecule has 1 aromatic heterocycles. The first-order valence-electron chi connectivity index (χ1n) is 5.16. The van der Waals surface area contributed by atoms with Crippen LogP contribution in [-0.4, -0.2) is 21.3 Å². The lowest BCUT2D eigenvalue weighted by atomic mass is 10.2. The van der Waals surface area contributed by atoms with E-state index in [2.05, 4.69) is 15.5 Å². The Morgan fingerprint density at radius 3 is 2.56 bits per heavy atom. The number of hydrogen-bond donors (Lipinski definition) is 2. The minimum Gasteiger partial charge on any atom is -0.478 e. The first-order valence-corrected chi connectivity index (χ1v) is 5.54. The molecular formula is C12H10ClN3O2. The van der Waals surface area contributed by atoms with Crippen molar-refractivity contribution in [2.45, 2.75) is 6.92 Å². The van der Waals surface area contributed by atoms with Crippen LogP contribution in [0.25, 0.3) is 0 Å². The van der Waals surface area contributed by atoms with Crippen molar-refractivity contribution in [1.29, 1.82) is 0 Å². The zero-order chi connectivity index (χ0) is 13.1. The smallest absolute Gasteiger partial charge is 0.339 e. The van der Waals surface area contributed by atoms with Gasteiger partial charge >= 0.3 is 5.97 Å². The van der Waals surface area contributed by atoms with Crippen molar-refractivity contribution in [3.63, 3.8) is 0 Å². The third-order valence-corrected chi connectivity index (χ3v) is 2.58. The summed E-state index contributed by atoms with van der Waals surface area (Å²) in [6.07, 6.45) is 0. The van der Waals surface area contributed by atoms with E-state index < -0.39 is 5.97 Å². The van der Waals surface area contributed by atoms with Crippen LogP contribution in [0.3, 0.4) is 0 Å². The lowest BCUT2D eigenvalue weighted by molar-refractivity contribution is 0.0696. The second-order valence-corrected chi connectivity index (χ2v) is 4.09. The molecule has 2 rings (SSSR count). The summed E-state index contributed by atoms with van der Waals surface area (Å²) in [6.45, 7) is 1.98. The zero-order valence-electron chi connectivity index (χ0n) is 9.51. The van der Waals surface area contributed by atoms with Gasteiger partial charge in [-0.2, -0.15) is 0 Å². The summed E-state index contributed by atoms with van der Waals surface area (Å²) >= 11 is 5.63. The third kappa shape index (κ3) is 2.75. The van der Waals surface area contributed by atoms with Gasteiger partial charge in [0.2, 0.25) is 0 Å². The summed E-state index contributed by atoms with van der Waals surface area (Å²) in [5, 5.41) is 19.1. The standard InChI is InChI=1S/C12H10ClN3O2/c1-7-2-4-8(5-3-7)14-10-6-9(12(17)18)11(13)16-15-10/h2-6H,1H3,(H,14,15)(H,17,18). The Morgan fingerprint density at radius 2 is 1.94 bits per heavy atom. The van der Waals surface area contributed by atoms with E-state index in [9.17, 15) is 4.79 Å². The number of carbonyl (C=O) groups is 1. The van der Waals surface area contributed by atoms with Crippen LogP contribution in [0.2, 0.25) is 5.15 Å². The summed E-state index contributed by atoms with van der Waals surface area (Å²) in [5.41, 5.74) is 1.85. The fourth-order valence-electron chi connectivity index (χ4n) is 1.37. The Balaban J connectivity index is 2.27. The van der Waals surface area contributed by atoms with E-state index in [1.165, 1.54) is 6.07 Å². The first-order chi connectivity index (χ1) is 8.56. The molecule has 0 amide bonds. The van der Waals surface area contributed by atoms with E-state index in [1.54, 1.807) is 0 Å². The molecule has 6 heteroatoms. The highest BCUT2D eigenvalue weighted by Crippen LogP contribution is 2.19. The van der Waals surface area contributed by atoms with E-state index in [0.717, 1.165) is 11.3 Å². The van der Waals surface area contributed by atoms with Gasteiger partial charge in [-0.3, -0.25) is 0 Å². The summed E-state index contributed by atoms with van der Waals surface area (Å²) in [5.74, 6) is -0.803. The number of aryl methyl sites for hydroxylation is 1. The van der Waals surface area contributed by atoms with Gasteiger partial charge in [-0.05, 0) is 19.1 Å². The molecule has 0 atom stereocenters. The number of carboxylic acids is 1. The summed E-state index contributed by atoms with van der Waals surface area (Å²) < 4.78 is 0. The molecule has 0 fully saturated rings. The molecule has 1 heterocycles. The molecule has 0 saturated carbocycles. The van der Waals surface area contributed by atoms with E-state index in [0.29, 0.717) is 5.82 Å². The molecule has 0 aliphatic carbocycles. The average Bonchev–Trinajstić information content (AvgIpc) is 2.34. The summed E-state index contributed by atoms with van der Waals surface area (Å²) in [4.78, 5) is 10.9. The van der Waals surface area contributed by atoms with Crippen LogP contribution in [0.1, 0.15) is 15.9 Å². The number of rotatable bonds is 3. The number of nitrogens with zero attached hydrogens (tertiary/aromatic N) is 2. The molecule has 0 spiro atoms. The molecule has 0 radical (unpaired) electrons. The van der Waals surface area contributed by atoms with Crippen LogP contribution in [-0.2, 0) is 0 Å². The first kappa shape index (κ1) is 12.3. The third-order valence-electron chi connectivity index (χ3n) is 2.30. The highest BCUT2D eigenvalue weighted by atomic mass is 35.5. The molecule has 1 aromatic carbocycles.